The summed E-state index contributed by atoms with van der Waals surface area (Å²) in [6, 6.07) is 9.60. The first-order chi connectivity index (χ1) is 8.34. The molecule has 88 valence electrons. The lowest BCUT2D eigenvalue weighted by molar-refractivity contribution is 0.536. The molecule has 2 heterocycles. The largest absolute Gasteiger partial charge is 0.421 e. The van der Waals surface area contributed by atoms with E-state index in [2.05, 4.69) is 4.90 Å². The number of anilines is 1. The Labute approximate surface area is 99.7 Å². The van der Waals surface area contributed by atoms with Gasteiger partial charge in [0.05, 0.1) is 0 Å². The molecule has 3 heteroatoms. The first-order valence-electron chi connectivity index (χ1n) is 6.12. The monoisotopic (exact) mass is 229 g/mol. The van der Waals surface area contributed by atoms with Gasteiger partial charge in [-0.3, -0.25) is 0 Å². The normalized spacial score (nSPS) is 16.4. The van der Waals surface area contributed by atoms with Crippen LogP contribution in [0.3, 0.4) is 0 Å². The molecule has 0 bridgehead atoms. The second kappa shape index (κ2) is 4.24. The van der Waals surface area contributed by atoms with Crippen molar-refractivity contribution in [3.63, 3.8) is 0 Å². The van der Waals surface area contributed by atoms with Gasteiger partial charge in [-0.15, -0.1) is 0 Å². The SMILES string of the molecule is O=c1oc2ccccc2cc1N1CCCCC1. The van der Waals surface area contributed by atoms with Crippen molar-refractivity contribution in [2.24, 2.45) is 0 Å². The second-order valence-corrected chi connectivity index (χ2v) is 4.50. The van der Waals surface area contributed by atoms with Crippen molar-refractivity contribution < 1.29 is 4.42 Å². The summed E-state index contributed by atoms with van der Waals surface area (Å²) < 4.78 is 5.35. The molecule has 0 amide bonds. The summed E-state index contributed by atoms with van der Waals surface area (Å²) in [6.45, 7) is 1.92. The first kappa shape index (κ1) is 10.4. The summed E-state index contributed by atoms with van der Waals surface area (Å²) >= 11 is 0. The van der Waals surface area contributed by atoms with Gasteiger partial charge in [0.25, 0.3) is 0 Å². The van der Waals surface area contributed by atoms with Gasteiger partial charge in [-0.2, -0.15) is 0 Å². The van der Waals surface area contributed by atoms with Crippen molar-refractivity contribution in [1.29, 1.82) is 0 Å². The van der Waals surface area contributed by atoms with Gasteiger partial charge in [0.15, 0.2) is 0 Å². The van der Waals surface area contributed by atoms with E-state index in [0.29, 0.717) is 11.3 Å². The fraction of sp³-hybridized carbons (Fsp3) is 0.357. The number of rotatable bonds is 1. The lowest BCUT2D eigenvalue weighted by atomic mass is 10.1. The number of benzene rings is 1. The lowest BCUT2D eigenvalue weighted by Gasteiger charge is -2.27. The summed E-state index contributed by atoms with van der Waals surface area (Å²) in [6.07, 6.45) is 3.58. The number of nitrogens with zero attached hydrogens (tertiary/aromatic N) is 1. The summed E-state index contributed by atoms with van der Waals surface area (Å²) in [5.74, 6) is 0. The average molecular weight is 229 g/mol. The molecule has 1 saturated heterocycles. The van der Waals surface area contributed by atoms with Gasteiger partial charge < -0.3 is 9.32 Å². The Morgan fingerprint density at radius 2 is 1.82 bits per heavy atom. The van der Waals surface area contributed by atoms with Crippen molar-refractivity contribution in [2.45, 2.75) is 19.3 Å². The maximum absolute atomic E-state index is 11.9. The van der Waals surface area contributed by atoms with E-state index >= 15 is 0 Å². The maximum Gasteiger partial charge on any atom is 0.360 e. The zero-order valence-electron chi connectivity index (χ0n) is 9.69. The number of fused-ring (bicyclic) bond motifs is 1. The van der Waals surface area contributed by atoms with E-state index in [9.17, 15) is 4.79 Å². The first-order valence-corrected chi connectivity index (χ1v) is 6.12. The molecule has 2 aromatic rings. The van der Waals surface area contributed by atoms with E-state index in [4.69, 9.17) is 4.42 Å². The van der Waals surface area contributed by atoms with Crippen LogP contribution in [0, 0.1) is 0 Å². The van der Waals surface area contributed by atoms with Crippen LogP contribution in [0.4, 0.5) is 5.69 Å². The smallest absolute Gasteiger partial charge is 0.360 e. The molecule has 0 unspecified atom stereocenters. The standard InChI is InChI=1S/C14H15NO2/c16-14-12(15-8-4-1-5-9-15)10-11-6-2-3-7-13(11)17-14/h2-3,6-7,10H,1,4-5,8-9H2. The topological polar surface area (TPSA) is 33.5 Å². The minimum Gasteiger partial charge on any atom is -0.421 e. The Bertz CT molecular complexity index is 582. The molecule has 1 aromatic carbocycles. The van der Waals surface area contributed by atoms with Crippen LogP contribution in [0.2, 0.25) is 0 Å². The second-order valence-electron chi connectivity index (χ2n) is 4.50. The van der Waals surface area contributed by atoms with Gasteiger partial charge in [0, 0.05) is 18.5 Å². The fourth-order valence-electron chi connectivity index (χ4n) is 2.41. The van der Waals surface area contributed by atoms with Gasteiger partial charge in [-0.25, -0.2) is 4.79 Å². The molecule has 0 N–H and O–H groups in total. The summed E-state index contributed by atoms with van der Waals surface area (Å²) in [4.78, 5) is 14.1. The van der Waals surface area contributed by atoms with Crippen molar-refractivity contribution in [1.82, 2.24) is 0 Å². The number of para-hydroxylation sites is 1. The van der Waals surface area contributed by atoms with Crippen LogP contribution < -0.4 is 10.5 Å². The third kappa shape index (κ3) is 1.93. The zero-order chi connectivity index (χ0) is 11.7. The maximum atomic E-state index is 11.9. The van der Waals surface area contributed by atoms with E-state index in [-0.39, 0.29) is 5.63 Å². The molecule has 0 aliphatic carbocycles. The number of hydrogen-bond acceptors (Lipinski definition) is 3. The van der Waals surface area contributed by atoms with Gasteiger partial charge in [-0.1, -0.05) is 18.2 Å². The molecule has 1 fully saturated rings. The Morgan fingerprint density at radius 1 is 1.06 bits per heavy atom. The highest BCUT2D eigenvalue weighted by molar-refractivity contribution is 5.79. The van der Waals surface area contributed by atoms with Gasteiger partial charge in [0.2, 0.25) is 0 Å². The van der Waals surface area contributed by atoms with E-state index in [0.717, 1.165) is 31.3 Å². The highest BCUT2D eigenvalue weighted by Gasteiger charge is 2.15. The van der Waals surface area contributed by atoms with Crippen LogP contribution in [-0.4, -0.2) is 13.1 Å². The Morgan fingerprint density at radius 3 is 2.65 bits per heavy atom. The molecular formula is C14H15NO2. The van der Waals surface area contributed by atoms with Crippen LogP contribution in [0.25, 0.3) is 11.0 Å². The summed E-state index contributed by atoms with van der Waals surface area (Å²) in [5.41, 5.74) is 1.16. The molecule has 0 spiro atoms. The molecule has 1 aliphatic rings. The molecule has 0 saturated carbocycles. The molecular weight excluding hydrogens is 214 g/mol. The number of piperidine rings is 1. The lowest BCUT2D eigenvalue weighted by Crippen LogP contribution is -2.32. The van der Waals surface area contributed by atoms with E-state index in [1.807, 2.05) is 30.3 Å². The Hall–Kier alpha value is -1.77. The minimum atomic E-state index is -0.217. The quantitative estimate of drug-likeness (QED) is 0.705. The van der Waals surface area contributed by atoms with Crippen molar-refractivity contribution >= 4 is 16.7 Å². The van der Waals surface area contributed by atoms with Gasteiger partial charge in [-0.05, 0) is 31.4 Å². The number of hydrogen-bond donors (Lipinski definition) is 0. The average Bonchev–Trinajstić information content (AvgIpc) is 2.39. The zero-order valence-corrected chi connectivity index (χ0v) is 9.69. The third-order valence-electron chi connectivity index (χ3n) is 3.32. The van der Waals surface area contributed by atoms with Crippen molar-refractivity contribution in [3.05, 3.63) is 40.8 Å². The highest BCUT2D eigenvalue weighted by atomic mass is 16.4. The van der Waals surface area contributed by atoms with Crippen LogP contribution in [0.15, 0.2) is 39.5 Å². The molecule has 17 heavy (non-hydrogen) atoms. The molecule has 1 aliphatic heterocycles. The summed E-state index contributed by atoms with van der Waals surface area (Å²) in [5, 5.41) is 0.993. The molecule has 0 radical (unpaired) electrons. The van der Waals surface area contributed by atoms with Crippen LogP contribution in [0.5, 0.6) is 0 Å². The van der Waals surface area contributed by atoms with E-state index < -0.39 is 0 Å². The predicted octanol–water partition coefficient (Wildman–Crippen LogP) is 2.78. The van der Waals surface area contributed by atoms with Crippen LogP contribution in [-0.2, 0) is 0 Å². The summed E-state index contributed by atoms with van der Waals surface area (Å²) in [7, 11) is 0. The van der Waals surface area contributed by atoms with Crippen LogP contribution >= 0.6 is 0 Å². The Balaban J connectivity index is 2.09. The minimum absolute atomic E-state index is 0.217. The van der Waals surface area contributed by atoms with Gasteiger partial charge in [0.1, 0.15) is 11.3 Å². The van der Waals surface area contributed by atoms with E-state index in [1.165, 1.54) is 6.42 Å². The highest BCUT2D eigenvalue weighted by Crippen LogP contribution is 2.20. The van der Waals surface area contributed by atoms with Crippen molar-refractivity contribution in [3.8, 4) is 0 Å². The molecule has 0 atom stereocenters. The Kier molecular flexibility index (Phi) is 2.59. The molecule has 3 rings (SSSR count). The molecule has 3 nitrogen and oxygen atoms in total. The van der Waals surface area contributed by atoms with E-state index in [1.54, 1.807) is 0 Å². The fourth-order valence-corrected chi connectivity index (χ4v) is 2.41. The predicted molar refractivity (Wildman–Crippen MR) is 68.5 cm³/mol. The van der Waals surface area contributed by atoms with Gasteiger partial charge >= 0.3 is 5.63 Å². The third-order valence-corrected chi connectivity index (χ3v) is 3.32. The van der Waals surface area contributed by atoms with Crippen molar-refractivity contribution in [2.75, 3.05) is 18.0 Å². The van der Waals surface area contributed by atoms with Crippen LogP contribution in [0.1, 0.15) is 19.3 Å². The molecule has 1 aromatic heterocycles.